The summed E-state index contributed by atoms with van der Waals surface area (Å²) in [6.07, 6.45) is 0. The summed E-state index contributed by atoms with van der Waals surface area (Å²) in [5.41, 5.74) is 4.95. The van der Waals surface area contributed by atoms with Gasteiger partial charge in [-0.25, -0.2) is 4.98 Å². The lowest BCUT2D eigenvalue weighted by molar-refractivity contribution is 0.285. The first-order valence-electron chi connectivity index (χ1n) is 11.5. The van der Waals surface area contributed by atoms with E-state index in [1.54, 1.807) is 14.2 Å². The van der Waals surface area contributed by atoms with E-state index in [4.69, 9.17) is 28.0 Å². The minimum atomic E-state index is 0.406. The van der Waals surface area contributed by atoms with Crippen molar-refractivity contribution in [3.05, 3.63) is 96.6 Å². The zero-order valence-corrected chi connectivity index (χ0v) is 19.9. The molecule has 2 aromatic heterocycles. The van der Waals surface area contributed by atoms with Crippen molar-refractivity contribution in [2.75, 3.05) is 14.2 Å². The number of fused-ring (bicyclic) bond motifs is 2. The summed E-state index contributed by atoms with van der Waals surface area (Å²) >= 11 is 0. The Morgan fingerprint density at radius 2 is 1.50 bits per heavy atom. The van der Waals surface area contributed by atoms with Crippen LogP contribution in [0.3, 0.4) is 0 Å². The highest BCUT2D eigenvalue weighted by Gasteiger charge is 2.24. The van der Waals surface area contributed by atoms with Crippen LogP contribution in [0.15, 0.2) is 99.8 Å². The van der Waals surface area contributed by atoms with Crippen molar-refractivity contribution in [2.45, 2.75) is 6.61 Å². The summed E-state index contributed by atoms with van der Waals surface area (Å²) in [5, 5.41) is 0.862. The SMILES string of the molecule is COc1ccc(-c2c(-c3nc4ccccc4o3)oc3cc(OC)c(OCc4ccccc4)cc23)cc1. The van der Waals surface area contributed by atoms with Crippen LogP contribution in [0.1, 0.15) is 5.56 Å². The van der Waals surface area contributed by atoms with Crippen LogP contribution in [-0.4, -0.2) is 19.2 Å². The fourth-order valence-electron chi connectivity index (χ4n) is 4.28. The van der Waals surface area contributed by atoms with Gasteiger partial charge < -0.3 is 23.0 Å². The third kappa shape index (κ3) is 3.92. The third-order valence-corrected chi connectivity index (χ3v) is 6.08. The van der Waals surface area contributed by atoms with Crippen LogP contribution < -0.4 is 14.2 Å². The second-order valence-corrected chi connectivity index (χ2v) is 8.29. The van der Waals surface area contributed by atoms with Gasteiger partial charge in [0.2, 0.25) is 0 Å². The largest absolute Gasteiger partial charge is 0.497 e. The van der Waals surface area contributed by atoms with Crippen LogP contribution in [-0.2, 0) is 6.61 Å². The fraction of sp³-hybridized carbons (Fsp3) is 0.100. The smallest absolute Gasteiger partial charge is 0.264 e. The Hall–Kier alpha value is -4.71. The zero-order valence-electron chi connectivity index (χ0n) is 19.9. The van der Waals surface area contributed by atoms with Crippen molar-refractivity contribution in [1.29, 1.82) is 0 Å². The Bertz CT molecular complexity index is 1620. The molecule has 6 rings (SSSR count). The number of hydrogen-bond acceptors (Lipinski definition) is 6. The lowest BCUT2D eigenvalue weighted by Gasteiger charge is -2.11. The van der Waals surface area contributed by atoms with E-state index in [9.17, 15) is 0 Å². The summed E-state index contributed by atoms with van der Waals surface area (Å²) < 4.78 is 29.6. The van der Waals surface area contributed by atoms with Crippen molar-refractivity contribution < 1.29 is 23.0 Å². The standard InChI is InChI=1S/C30H23NO5/c1-32-21-14-12-20(13-15-21)28-22-16-27(34-18-19-8-4-3-5-9-19)26(33-2)17-25(22)35-29(28)30-31-23-10-6-7-11-24(23)36-30/h3-17H,18H2,1-2H3. The number of aromatic nitrogens is 1. The van der Waals surface area contributed by atoms with Gasteiger partial charge in [0.05, 0.1) is 14.2 Å². The Labute approximate surface area is 207 Å². The monoisotopic (exact) mass is 477 g/mol. The number of rotatable bonds is 7. The van der Waals surface area contributed by atoms with E-state index < -0.39 is 0 Å². The highest BCUT2D eigenvalue weighted by molar-refractivity contribution is 6.02. The van der Waals surface area contributed by atoms with Gasteiger partial charge in [-0.2, -0.15) is 0 Å². The predicted molar refractivity (Wildman–Crippen MR) is 139 cm³/mol. The molecule has 0 unspecified atom stereocenters. The van der Waals surface area contributed by atoms with Crippen molar-refractivity contribution in [3.63, 3.8) is 0 Å². The van der Waals surface area contributed by atoms with E-state index in [0.29, 0.717) is 40.9 Å². The van der Waals surface area contributed by atoms with Crippen LogP contribution in [0.4, 0.5) is 0 Å². The number of para-hydroxylation sites is 2. The van der Waals surface area contributed by atoms with E-state index in [-0.39, 0.29) is 0 Å². The molecular formula is C30H23NO5. The second kappa shape index (κ2) is 9.15. The maximum Gasteiger partial charge on any atom is 0.264 e. The second-order valence-electron chi connectivity index (χ2n) is 8.29. The first-order chi connectivity index (χ1) is 17.7. The maximum atomic E-state index is 6.36. The van der Waals surface area contributed by atoms with E-state index in [2.05, 4.69) is 0 Å². The topological polar surface area (TPSA) is 66.9 Å². The van der Waals surface area contributed by atoms with Crippen LogP contribution in [0, 0.1) is 0 Å². The summed E-state index contributed by atoms with van der Waals surface area (Å²) in [6, 6.07) is 29.3. The lowest BCUT2D eigenvalue weighted by Crippen LogP contribution is -1.97. The van der Waals surface area contributed by atoms with Crippen molar-refractivity contribution in [1.82, 2.24) is 4.98 Å². The van der Waals surface area contributed by atoms with Crippen molar-refractivity contribution >= 4 is 22.1 Å². The quantitative estimate of drug-likeness (QED) is 0.237. The normalized spacial score (nSPS) is 11.2. The molecule has 6 aromatic rings. The van der Waals surface area contributed by atoms with Gasteiger partial charge in [0.25, 0.3) is 5.89 Å². The molecule has 0 bridgehead atoms. The van der Waals surface area contributed by atoms with Crippen LogP contribution in [0.25, 0.3) is 44.8 Å². The highest BCUT2D eigenvalue weighted by Crippen LogP contribution is 2.45. The number of hydrogen-bond donors (Lipinski definition) is 0. The summed E-state index contributed by atoms with van der Waals surface area (Å²) in [6.45, 7) is 0.413. The molecule has 0 radical (unpaired) electrons. The molecule has 0 aliphatic rings. The summed E-state index contributed by atoms with van der Waals surface area (Å²) in [5.74, 6) is 2.91. The molecule has 0 N–H and O–H groups in total. The molecule has 2 heterocycles. The average molecular weight is 478 g/mol. The van der Waals surface area contributed by atoms with Gasteiger partial charge in [0, 0.05) is 17.0 Å². The van der Waals surface area contributed by atoms with Gasteiger partial charge in [0.15, 0.2) is 22.8 Å². The number of benzene rings is 4. The van der Waals surface area contributed by atoms with Gasteiger partial charge in [-0.15, -0.1) is 0 Å². The Kier molecular flexibility index (Phi) is 5.54. The molecule has 0 amide bonds. The molecule has 0 saturated carbocycles. The van der Waals surface area contributed by atoms with E-state index in [1.807, 2.05) is 91.0 Å². The molecule has 0 spiro atoms. The molecule has 0 saturated heterocycles. The summed E-state index contributed by atoms with van der Waals surface area (Å²) in [4.78, 5) is 4.69. The van der Waals surface area contributed by atoms with Gasteiger partial charge in [-0.05, 0) is 41.5 Å². The fourth-order valence-corrected chi connectivity index (χ4v) is 4.28. The number of methoxy groups -OCH3 is 2. The lowest BCUT2D eigenvalue weighted by atomic mass is 10.0. The molecule has 0 fully saturated rings. The van der Waals surface area contributed by atoms with Crippen LogP contribution in [0.5, 0.6) is 17.2 Å². The molecule has 0 aliphatic carbocycles. The summed E-state index contributed by atoms with van der Waals surface area (Å²) in [7, 11) is 3.26. The van der Waals surface area contributed by atoms with Crippen LogP contribution >= 0.6 is 0 Å². The van der Waals surface area contributed by atoms with Gasteiger partial charge in [-0.3, -0.25) is 0 Å². The average Bonchev–Trinajstić information content (AvgIpc) is 3.53. The number of furan rings is 1. The molecule has 4 aromatic carbocycles. The molecule has 6 heteroatoms. The molecule has 0 aliphatic heterocycles. The van der Waals surface area contributed by atoms with Crippen molar-refractivity contribution in [2.24, 2.45) is 0 Å². The van der Waals surface area contributed by atoms with E-state index in [1.165, 1.54) is 0 Å². The highest BCUT2D eigenvalue weighted by atomic mass is 16.5. The number of nitrogens with zero attached hydrogens (tertiary/aromatic N) is 1. The molecule has 6 nitrogen and oxygen atoms in total. The molecular weight excluding hydrogens is 454 g/mol. The minimum absolute atomic E-state index is 0.406. The predicted octanol–water partition coefficient (Wildman–Crippen LogP) is 7.50. The minimum Gasteiger partial charge on any atom is -0.497 e. The zero-order chi connectivity index (χ0) is 24.5. The number of oxazole rings is 1. The molecule has 178 valence electrons. The Morgan fingerprint density at radius 3 is 2.25 bits per heavy atom. The van der Waals surface area contributed by atoms with Crippen LogP contribution in [0.2, 0.25) is 0 Å². The maximum absolute atomic E-state index is 6.36. The Balaban J connectivity index is 1.53. The van der Waals surface area contributed by atoms with E-state index >= 15 is 0 Å². The van der Waals surface area contributed by atoms with Crippen molar-refractivity contribution in [3.8, 4) is 40.0 Å². The number of ether oxygens (including phenoxy) is 3. The first-order valence-corrected chi connectivity index (χ1v) is 11.5. The van der Waals surface area contributed by atoms with Gasteiger partial charge >= 0.3 is 0 Å². The molecule has 0 atom stereocenters. The molecule has 36 heavy (non-hydrogen) atoms. The van der Waals surface area contributed by atoms with Gasteiger partial charge in [-0.1, -0.05) is 54.6 Å². The first kappa shape index (κ1) is 21.8. The van der Waals surface area contributed by atoms with Gasteiger partial charge in [0.1, 0.15) is 23.5 Å². The van der Waals surface area contributed by atoms with E-state index in [0.717, 1.165) is 33.3 Å². The Morgan fingerprint density at radius 1 is 0.722 bits per heavy atom. The third-order valence-electron chi connectivity index (χ3n) is 6.08.